The Balaban J connectivity index is 2.21. The Hall–Kier alpha value is -1.30. The number of carbonyl (C=O) groups excluding carboxylic acids is 1. The van der Waals surface area contributed by atoms with Crippen molar-refractivity contribution in [3.63, 3.8) is 0 Å². The van der Waals surface area contributed by atoms with Crippen LogP contribution >= 0.6 is 23.2 Å². The number of benzene rings is 1. The fourth-order valence-corrected chi connectivity index (χ4v) is 2.39. The molecule has 1 unspecified atom stereocenters. The number of hydrogen-bond acceptors (Lipinski definition) is 4. The van der Waals surface area contributed by atoms with E-state index in [2.05, 4.69) is 10.3 Å². The molecule has 0 saturated carbocycles. The topological polar surface area (TPSA) is 64.9 Å². The van der Waals surface area contributed by atoms with E-state index in [1.54, 1.807) is 17.0 Å². The SMILES string of the molecule is O=C1CN2C(=NC(O)c3c2ccc(Cl)c3Cl)N1. The molecule has 1 amide bonds. The number of nitrogens with one attached hydrogen (secondary N) is 1. The van der Waals surface area contributed by atoms with Gasteiger partial charge in [0.15, 0.2) is 6.23 Å². The van der Waals surface area contributed by atoms with Crippen LogP contribution in [-0.2, 0) is 4.79 Å². The lowest BCUT2D eigenvalue weighted by atomic mass is 10.1. The fraction of sp³-hybridized carbons (Fsp3) is 0.200. The van der Waals surface area contributed by atoms with E-state index in [0.717, 1.165) is 0 Å². The summed E-state index contributed by atoms with van der Waals surface area (Å²) in [4.78, 5) is 16.9. The van der Waals surface area contributed by atoms with Crippen molar-refractivity contribution in [3.8, 4) is 0 Å². The number of aliphatic hydroxyl groups is 1. The maximum atomic E-state index is 11.3. The fourth-order valence-electron chi connectivity index (χ4n) is 1.97. The maximum absolute atomic E-state index is 11.3. The molecule has 0 bridgehead atoms. The molecular formula is C10H7Cl2N3O2. The van der Waals surface area contributed by atoms with Gasteiger partial charge in [-0.15, -0.1) is 0 Å². The van der Waals surface area contributed by atoms with Crippen molar-refractivity contribution in [1.29, 1.82) is 0 Å². The first-order chi connectivity index (χ1) is 8.08. The molecule has 2 aliphatic heterocycles. The molecule has 5 nitrogen and oxygen atoms in total. The van der Waals surface area contributed by atoms with Gasteiger partial charge >= 0.3 is 0 Å². The third kappa shape index (κ3) is 1.50. The van der Waals surface area contributed by atoms with Gasteiger partial charge in [0.2, 0.25) is 11.9 Å². The Bertz CT molecular complexity index is 559. The smallest absolute Gasteiger partial charge is 0.246 e. The number of anilines is 1. The van der Waals surface area contributed by atoms with E-state index in [-0.39, 0.29) is 17.5 Å². The molecule has 2 aliphatic rings. The summed E-state index contributed by atoms with van der Waals surface area (Å²) < 4.78 is 0. The molecule has 17 heavy (non-hydrogen) atoms. The second-order valence-electron chi connectivity index (χ2n) is 3.75. The number of carbonyl (C=O) groups is 1. The highest BCUT2D eigenvalue weighted by atomic mass is 35.5. The molecule has 2 heterocycles. The predicted molar refractivity (Wildman–Crippen MR) is 64.3 cm³/mol. The minimum absolute atomic E-state index is 0.163. The number of amides is 1. The molecule has 0 radical (unpaired) electrons. The van der Waals surface area contributed by atoms with E-state index in [9.17, 15) is 9.90 Å². The Morgan fingerprint density at radius 2 is 2.24 bits per heavy atom. The first-order valence-corrected chi connectivity index (χ1v) is 5.64. The van der Waals surface area contributed by atoms with E-state index in [4.69, 9.17) is 23.2 Å². The van der Waals surface area contributed by atoms with Gasteiger partial charge in [0, 0.05) is 5.56 Å². The summed E-state index contributed by atoms with van der Waals surface area (Å²) in [5.74, 6) is 0.170. The van der Waals surface area contributed by atoms with Gasteiger partial charge in [-0.05, 0) is 12.1 Å². The lowest BCUT2D eigenvalue weighted by Crippen LogP contribution is -2.34. The molecule has 0 aliphatic carbocycles. The number of nitrogens with zero attached hydrogens (tertiary/aromatic N) is 2. The van der Waals surface area contributed by atoms with Crippen LogP contribution in [0.1, 0.15) is 11.8 Å². The van der Waals surface area contributed by atoms with E-state index in [1.807, 2.05) is 0 Å². The molecule has 2 N–H and O–H groups in total. The molecule has 1 aromatic rings. The largest absolute Gasteiger partial charge is 0.368 e. The molecule has 1 fully saturated rings. The Morgan fingerprint density at radius 3 is 3.00 bits per heavy atom. The molecule has 3 rings (SSSR count). The van der Waals surface area contributed by atoms with Crippen LogP contribution in [0.3, 0.4) is 0 Å². The molecular weight excluding hydrogens is 265 g/mol. The Morgan fingerprint density at radius 1 is 1.47 bits per heavy atom. The van der Waals surface area contributed by atoms with Crippen LogP contribution in [0.25, 0.3) is 0 Å². The summed E-state index contributed by atoms with van der Waals surface area (Å²) in [7, 11) is 0. The maximum Gasteiger partial charge on any atom is 0.246 e. The van der Waals surface area contributed by atoms with Gasteiger partial charge in [0.1, 0.15) is 6.54 Å². The van der Waals surface area contributed by atoms with Gasteiger partial charge in [-0.2, -0.15) is 0 Å². The van der Waals surface area contributed by atoms with Crippen LogP contribution in [0.15, 0.2) is 17.1 Å². The van der Waals surface area contributed by atoms with Gasteiger partial charge in [0.25, 0.3) is 0 Å². The lowest BCUT2D eigenvalue weighted by molar-refractivity contribution is -0.117. The van der Waals surface area contributed by atoms with Crippen LogP contribution in [0.2, 0.25) is 10.0 Å². The van der Waals surface area contributed by atoms with Crippen molar-refractivity contribution in [2.24, 2.45) is 4.99 Å². The van der Waals surface area contributed by atoms with Gasteiger partial charge < -0.3 is 10.0 Å². The second kappa shape index (κ2) is 3.60. The zero-order valence-corrected chi connectivity index (χ0v) is 9.96. The second-order valence-corrected chi connectivity index (χ2v) is 4.54. The number of fused-ring (bicyclic) bond motifs is 3. The monoisotopic (exact) mass is 271 g/mol. The molecule has 0 aromatic heterocycles. The van der Waals surface area contributed by atoms with Crippen LogP contribution in [0.5, 0.6) is 0 Å². The van der Waals surface area contributed by atoms with Crippen LogP contribution in [0, 0.1) is 0 Å². The summed E-state index contributed by atoms with van der Waals surface area (Å²) >= 11 is 11.9. The minimum atomic E-state index is -1.11. The van der Waals surface area contributed by atoms with Crippen molar-refractivity contribution in [2.45, 2.75) is 6.23 Å². The Kier molecular flexibility index (Phi) is 2.29. The standard InChI is InChI=1S/C10H7Cl2N3O2/c11-4-1-2-5-7(8(4)12)9(17)14-10-13-6(16)3-15(5)10/h1-2,9,17H,3H2,(H,13,14,16). The van der Waals surface area contributed by atoms with Gasteiger partial charge in [-0.1, -0.05) is 23.2 Å². The van der Waals surface area contributed by atoms with Crippen LogP contribution in [-0.4, -0.2) is 23.5 Å². The summed E-state index contributed by atoms with van der Waals surface area (Å²) in [6, 6.07) is 3.34. The third-order valence-corrected chi connectivity index (χ3v) is 3.53. The van der Waals surface area contributed by atoms with E-state index < -0.39 is 6.23 Å². The number of aliphatic imine (C=N–C) groups is 1. The van der Waals surface area contributed by atoms with E-state index >= 15 is 0 Å². The summed E-state index contributed by atoms with van der Waals surface area (Å²) in [6.07, 6.45) is -1.11. The Labute approximate surface area is 107 Å². The first kappa shape index (κ1) is 10.8. The van der Waals surface area contributed by atoms with Crippen molar-refractivity contribution in [1.82, 2.24) is 5.32 Å². The predicted octanol–water partition coefficient (Wildman–Crippen LogP) is 1.29. The molecule has 88 valence electrons. The van der Waals surface area contributed by atoms with Crippen molar-refractivity contribution in [3.05, 3.63) is 27.7 Å². The van der Waals surface area contributed by atoms with Gasteiger partial charge in [0.05, 0.1) is 15.7 Å². The highest BCUT2D eigenvalue weighted by Gasteiger charge is 2.35. The molecule has 7 heteroatoms. The quantitative estimate of drug-likeness (QED) is 0.748. The number of aliphatic hydroxyl groups excluding tert-OH is 1. The number of rotatable bonds is 0. The number of halogens is 2. The van der Waals surface area contributed by atoms with E-state index in [1.165, 1.54) is 0 Å². The molecule has 0 spiro atoms. The number of guanidine groups is 1. The van der Waals surface area contributed by atoms with Gasteiger partial charge in [-0.3, -0.25) is 10.1 Å². The van der Waals surface area contributed by atoms with Gasteiger partial charge in [-0.25, -0.2) is 4.99 Å². The number of hydrogen-bond donors (Lipinski definition) is 2. The van der Waals surface area contributed by atoms with E-state index in [0.29, 0.717) is 22.2 Å². The third-order valence-electron chi connectivity index (χ3n) is 2.71. The lowest BCUT2D eigenvalue weighted by Gasteiger charge is -2.27. The van der Waals surface area contributed by atoms with Crippen molar-refractivity contribution < 1.29 is 9.90 Å². The summed E-state index contributed by atoms with van der Waals surface area (Å²) in [6.45, 7) is 0.163. The van der Waals surface area contributed by atoms with Crippen molar-refractivity contribution >= 4 is 40.8 Å². The van der Waals surface area contributed by atoms with Crippen molar-refractivity contribution in [2.75, 3.05) is 11.4 Å². The first-order valence-electron chi connectivity index (χ1n) is 4.89. The highest BCUT2D eigenvalue weighted by Crippen LogP contribution is 2.41. The van der Waals surface area contributed by atoms with Crippen LogP contribution < -0.4 is 10.2 Å². The zero-order chi connectivity index (χ0) is 12.2. The summed E-state index contributed by atoms with van der Waals surface area (Å²) in [5, 5.41) is 13.1. The zero-order valence-electron chi connectivity index (χ0n) is 8.44. The highest BCUT2D eigenvalue weighted by molar-refractivity contribution is 6.43. The average Bonchev–Trinajstić information content (AvgIpc) is 2.63. The summed E-state index contributed by atoms with van der Waals surface area (Å²) in [5.41, 5.74) is 1.08. The minimum Gasteiger partial charge on any atom is -0.368 e. The molecule has 1 saturated heterocycles. The normalized spacial score (nSPS) is 21.8. The van der Waals surface area contributed by atoms with Crippen LogP contribution in [0.4, 0.5) is 5.69 Å². The molecule has 1 atom stereocenters. The molecule has 1 aromatic carbocycles. The average molecular weight is 272 g/mol.